The Hall–Kier alpha value is -2.17. The lowest BCUT2D eigenvalue weighted by molar-refractivity contribution is -0.141. The summed E-state index contributed by atoms with van der Waals surface area (Å²) in [7, 11) is 0. The fourth-order valence-electron chi connectivity index (χ4n) is 1.32. The van der Waals surface area contributed by atoms with E-state index < -0.39 is 12.0 Å². The summed E-state index contributed by atoms with van der Waals surface area (Å²) in [5, 5.41) is 11.3. The van der Waals surface area contributed by atoms with Crippen molar-refractivity contribution in [3.05, 3.63) is 42.7 Å². The predicted octanol–water partition coefficient (Wildman–Crippen LogP) is 0.770. The van der Waals surface area contributed by atoms with Gasteiger partial charge in [-0.1, -0.05) is 12.1 Å². The zero-order chi connectivity index (χ0) is 12.7. The summed E-state index contributed by atoms with van der Waals surface area (Å²) in [6.45, 7) is 3.45. The number of carboxylic acid groups (broad SMARTS) is 1. The van der Waals surface area contributed by atoms with Gasteiger partial charge in [-0.3, -0.25) is 9.78 Å². The highest BCUT2D eigenvalue weighted by atomic mass is 16.4. The summed E-state index contributed by atoms with van der Waals surface area (Å²) in [5.41, 5.74) is 0.743. The van der Waals surface area contributed by atoms with Crippen LogP contribution in [-0.2, 0) is 16.0 Å². The number of hydrogen-bond donors (Lipinski definition) is 2. The van der Waals surface area contributed by atoms with Gasteiger partial charge in [0.1, 0.15) is 6.04 Å². The molecule has 17 heavy (non-hydrogen) atoms. The van der Waals surface area contributed by atoms with E-state index in [1.807, 2.05) is 0 Å². The van der Waals surface area contributed by atoms with Crippen LogP contribution in [0.25, 0.3) is 0 Å². The summed E-state index contributed by atoms with van der Waals surface area (Å²) in [5.74, 6) is -1.41. The molecule has 90 valence electrons. The first-order valence-electron chi connectivity index (χ1n) is 5.15. The monoisotopic (exact) mass is 234 g/mol. The fourth-order valence-corrected chi connectivity index (χ4v) is 1.32. The largest absolute Gasteiger partial charge is 0.480 e. The summed E-state index contributed by atoms with van der Waals surface area (Å²) < 4.78 is 0. The second-order valence-electron chi connectivity index (χ2n) is 3.52. The van der Waals surface area contributed by atoms with Crippen molar-refractivity contribution in [3.63, 3.8) is 0 Å². The summed E-state index contributed by atoms with van der Waals surface area (Å²) in [6, 6.07) is 2.56. The van der Waals surface area contributed by atoms with E-state index in [4.69, 9.17) is 5.11 Å². The minimum absolute atomic E-state index is 0.120. The highest BCUT2D eigenvalue weighted by molar-refractivity contribution is 5.84. The molecule has 1 rings (SSSR count). The number of aliphatic carboxylic acids is 1. The number of pyridine rings is 1. The smallest absolute Gasteiger partial charge is 0.326 e. The van der Waals surface area contributed by atoms with Crippen molar-refractivity contribution >= 4 is 11.9 Å². The Labute approximate surface area is 99.2 Å². The van der Waals surface area contributed by atoms with Crippen LogP contribution < -0.4 is 5.32 Å². The van der Waals surface area contributed by atoms with Crippen LogP contribution in [-0.4, -0.2) is 28.0 Å². The first-order chi connectivity index (χ1) is 8.13. The molecule has 0 bridgehead atoms. The Morgan fingerprint density at radius 1 is 1.59 bits per heavy atom. The first kappa shape index (κ1) is 12.9. The van der Waals surface area contributed by atoms with Crippen molar-refractivity contribution in [1.29, 1.82) is 0 Å². The van der Waals surface area contributed by atoms with Crippen LogP contribution in [0.1, 0.15) is 12.0 Å². The first-order valence-corrected chi connectivity index (χ1v) is 5.15. The molecule has 0 aliphatic heterocycles. The molecular weight excluding hydrogens is 220 g/mol. The Kier molecular flexibility index (Phi) is 4.87. The maximum Gasteiger partial charge on any atom is 0.326 e. The number of carboxylic acids is 1. The third-order valence-corrected chi connectivity index (χ3v) is 2.12. The molecule has 0 aliphatic carbocycles. The molecule has 0 radical (unpaired) electrons. The molecule has 5 nitrogen and oxygen atoms in total. The van der Waals surface area contributed by atoms with Crippen LogP contribution in [0.2, 0.25) is 0 Å². The van der Waals surface area contributed by atoms with Crippen molar-refractivity contribution in [2.24, 2.45) is 0 Å². The van der Waals surface area contributed by atoms with Gasteiger partial charge in [-0.25, -0.2) is 4.79 Å². The number of nitrogens with zero attached hydrogens (tertiary/aromatic N) is 1. The quantitative estimate of drug-likeness (QED) is 0.712. The average molecular weight is 234 g/mol. The third kappa shape index (κ3) is 4.46. The molecule has 0 fully saturated rings. The van der Waals surface area contributed by atoms with E-state index in [1.54, 1.807) is 24.5 Å². The number of carbonyl (C=O) groups excluding carboxylic acids is 1. The van der Waals surface area contributed by atoms with E-state index in [0.717, 1.165) is 5.56 Å². The summed E-state index contributed by atoms with van der Waals surface area (Å²) in [6.07, 6.45) is 4.97. The van der Waals surface area contributed by atoms with E-state index in [1.165, 1.54) is 6.08 Å². The lowest BCUT2D eigenvalue weighted by Crippen LogP contribution is -2.41. The molecular formula is C12H14N2O3. The number of hydrogen-bond acceptors (Lipinski definition) is 3. The predicted molar refractivity (Wildman–Crippen MR) is 62.3 cm³/mol. The van der Waals surface area contributed by atoms with Gasteiger partial charge in [0.2, 0.25) is 5.91 Å². The molecule has 2 N–H and O–H groups in total. The molecule has 0 spiro atoms. The maximum atomic E-state index is 11.6. The van der Waals surface area contributed by atoms with E-state index in [-0.39, 0.29) is 18.7 Å². The van der Waals surface area contributed by atoms with Crippen LogP contribution in [0.4, 0.5) is 0 Å². The van der Waals surface area contributed by atoms with Crippen LogP contribution >= 0.6 is 0 Å². The Balaban J connectivity index is 2.53. The normalized spacial score (nSPS) is 11.5. The molecule has 1 amide bonds. The molecule has 0 aliphatic rings. The van der Waals surface area contributed by atoms with E-state index >= 15 is 0 Å². The van der Waals surface area contributed by atoms with Crippen molar-refractivity contribution in [2.45, 2.75) is 18.9 Å². The van der Waals surface area contributed by atoms with Gasteiger partial charge in [-0.05, 0) is 18.1 Å². The van der Waals surface area contributed by atoms with Gasteiger partial charge in [0.05, 0.1) is 6.42 Å². The van der Waals surface area contributed by atoms with Crippen molar-refractivity contribution < 1.29 is 14.7 Å². The van der Waals surface area contributed by atoms with Gasteiger partial charge in [-0.2, -0.15) is 0 Å². The standard InChI is InChI=1S/C12H14N2O3/c1-2-4-10(12(16)17)14-11(15)7-9-5-3-6-13-8-9/h2-3,5-6,8,10H,1,4,7H2,(H,14,15)(H,16,17). The minimum atomic E-state index is -1.07. The second-order valence-corrected chi connectivity index (χ2v) is 3.52. The van der Waals surface area contributed by atoms with Crippen molar-refractivity contribution in [1.82, 2.24) is 10.3 Å². The zero-order valence-corrected chi connectivity index (χ0v) is 9.30. The molecule has 1 aromatic rings. The maximum absolute atomic E-state index is 11.6. The molecule has 1 atom stereocenters. The topological polar surface area (TPSA) is 79.3 Å². The van der Waals surface area contributed by atoms with Gasteiger partial charge in [0.25, 0.3) is 0 Å². The van der Waals surface area contributed by atoms with Gasteiger partial charge < -0.3 is 10.4 Å². The molecule has 5 heteroatoms. The molecule has 1 unspecified atom stereocenters. The second kappa shape index (κ2) is 6.42. The van der Waals surface area contributed by atoms with Crippen molar-refractivity contribution in [3.8, 4) is 0 Å². The zero-order valence-electron chi connectivity index (χ0n) is 9.30. The van der Waals surface area contributed by atoms with E-state index in [0.29, 0.717) is 0 Å². The molecule has 0 saturated carbocycles. The highest BCUT2D eigenvalue weighted by Crippen LogP contribution is 1.99. The van der Waals surface area contributed by atoms with E-state index in [9.17, 15) is 9.59 Å². The minimum Gasteiger partial charge on any atom is -0.480 e. The number of amides is 1. The highest BCUT2D eigenvalue weighted by Gasteiger charge is 2.18. The summed E-state index contributed by atoms with van der Waals surface area (Å²) >= 11 is 0. The fraction of sp³-hybridized carbons (Fsp3) is 0.250. The summed E-state index contributed by atoms with van der Waals surface area (Å²) in [4.78, 5) is 26.2. The third-order valence-electron chi connectivity index (χ3n) is 2.12. The average Bonchev–Trinajstić information content (AvgIpc) is 2.29. The SMILES string of the molecule is C=CCC(NC(=O)Cc1cccnc1)C(=O)O. The molecule has 0 saturated heterocycles. The lowest BCUT2D eigenvalue weighted by Gasteiger charge is -2.12. The van der Waals surface area contributed by atoms with E-state index in [2.05, 4.69) is 16.9 Å². The number of carbonyl (C=O) groups is 2. The van der Waals surface area contributed by atoms with Crippen LogP contribution in [0.5, 0.6) is 0 Å². The lowest BCUT2D eigenvalue weighted by atomic mass is 10.1. The van der Waals surface area contributed by atoms with Crippen molar-refractivity contribution in [2.75, 3.05) is 0 Å². The molecule has 1 aromatic heterocycles. The Morgan fingerprint density at radius 3 is 2.88 bits per heavy atom. The molecule has 0 aromatic carbocycles. The Bertz CT molecular complexity index is 403. The number of aromatic nitrogens is 1. The van der Waals surface area contributed by atoms with Gasteiger partial charge in [-0.15, -0.1) is 6.58 Å². The van der Waals surface area contributed by atoms with Gasteiger partial charge >= 0.3 is 5.97 Å². The Morgan fingerprint density at radius 2 is 2.35 bits per heavy atom. The van der Waals surface area contributed by atoms with Crippen LogP contribution in [0, 0.1) is 0 Å². The van der Waals surface area contributed by atoms with Crippen LogP contribution in [0.15, 0.2) is 37.2 Å². The molecule has 1 heterocycles. The van der Waals surface area contributed by atoms with Crippen LogP contribution in [0.3, 0.4) is 0 Å². The number of nitrogens with one attached hydrogen (secondary N) is 1. The van der Waals surface area contributed by atoms with Gasteiger partial charge in [0, 0.05) is 12.4 Å². The van der Waals surface area contributed by atoms with Gasteiger partial charge in [0.15, 0.2) is 0 Å². The number of rotatable bonds is 6.